The zero-order valence-corrected chi connectivity index (χ0v) is 18.9. The second-order valence-corrected chi connectivity index (χ2v) is 9.27. The number of esters is 1. The van der Waals surface area contributed by atoms with Crippen molar-refractivity contribution in [2.45, 2.75) is 60.1 Å². The number of pyridine rings is 1. The van der Waals surface area contributed by atoms with E-state index in [2.05, 4.69) is 34.6 Å². The van der Waals surface area contributed by atoms with Crippen molar-refractivity contribution in [3.63, 3.8) is 0 Å². The number of amides is 1. The molecule has 1 aromatic heterocycles. The number of aromatic nitrogens is 1. The van der Waals surface area contributed by atoms with Crippen LogP contribution in [-0.4, -0.2) is 39.1 Å². The van der Waals surface area contributed by atoms with Crippen molar-refractivity contribution >= 4 is 28.5 Å². The van der Waals surface area contributed by atoms with E-state index in [-0.39, 0.29) is 18.9 Å². The molecule has 4 heterocycles. The van der Waals surface area contributed by atoms with Gasteiger partial charge in [-0.3, -0.25) is 4.79 Å². The van der Waals surface area contributed by atoms with Crippen molar-refractivity contribution in [2.75, 3.05) is 6.61 Å². The molecule has 0 aliphatic carbocycles. The van der Waals surface area contributed by atoms with Gasteiger partial charge >= 0.3 is 5.97 Å². The van der Waals surface area contributed by atoms with Gasteiger partial charge in [0, 0.05) is 16.9 Å². The molecule has 6 heteroatoms. The van der Waals surface area contributed by atoms with Crippen LogP contribution in [0.25, 0.3) is 16.6 Å². The van der Waals surface area contributed by atoms with Crippen molar-refractivity contribution in [2.24, 2.45) is 11.8 Å². The first-order valence-electron chi connectivity index (χ1n) is 10.9. The second-order valence-electron chi connectivity index (χ2n) is 9.27. The molecule has 0 radical (unpaired) electrons. The van der Waals surface area contributed by atoms with Crippen LogP contribution in [-0.2, 0) is 20.9 Å². The Kier molecular flexibility index (Phi) is 4.16. The summed E-state index contributed by atoms with van der Waals surface area (Å²) < 4.78 is 5.21. The number of fused-ring (bicyclic) bond motifs is 5. The molecular weight excluding hydrogens is 392 g/mol. The predicted octanol–water partition coefficient (Wildman–Crippen LogP) is 3.40. The Balaban J connectivity index is 1.77. The molecule has 5 rings (SSSR count). The average molecular weight is 421 g/mol. The molecule has 1 amide bonds. The molecule has 1 aromatic carbocycles. The fraction of sp³-hybridized carbons (Fsp3) is 0.480. The quantitative estimate of drug-likeness (QED) is 0.716. The number of nitrogens with zero attached hydrogens (tertiary/aromatic N) is 2. The number of ether oxygens (including phenoxy) is 1. The van der Waals surface area contributed by atoms with Crippen molar-refractivity contribution in [1.82, 2.24) is 9.88 Å². The molecule has 3 aliphatic heterocycles. The number of benzene rings is 1. The average Bonchev–Trinajstić information content (AvgIpc) is 3.13. The summed E-state index contributed by atoms with van der Waals surface area (Å²) in [6, 6.07) is 0. The lowest BCUT2D eigenvalue weighted by molar-refractivity contribution is -0.190. The van der Waals surface area contributed by atoms with Gasteiger partial charge in [-0.2, -0.15) is 0 Å². The zero-order chi connectivity index (χ0) is 22.4. The van der Waals surface area contributed by atoms with Gasteiger partial charge in [0.05, 0.1) is 29.4 Å². The highest BCUT2D eigenvalue weighted by Gasteiger charge is 2.56. The number of hydrogen-bond donors (Lipinski definition) is 1. The highest BCUT2D eigenvalue weighted by Crippen LogP contribution is 2.47. The topological polar surface area (TPSA) is 79.7 Å². The molecule has 3 aliphatic rings. The summed E-state index contributed by atoms with van der Waals surface area (Å²) in [5.41, 5.74) is 7.85. The van der Waals surface area contributed by atoms with E-state index in [1.165, 1.54) is 16.7 Å². The lowest BCUT2D eigenvalue weighted by Gasteiger charge is -2.44. The number of carbonyl (C=O) groups is 2. The minimum Gasteiger partial charge on any atom is -0.463 e. The standard InChI is InChI=1S/C25H28N2O4/c1-7-25(30)18-8-19-22-16(9-27(19)23(28)17(18)10-31-24(25)29)15(6)20-13(4)11(2)12(3)14(5)21(20)26-22/h8,17-18,30H,7,9-10H2,1-6H3/t17?,18?,25-/m0/s1. The lowest BCUT2D eigenvalue weighted by Crippen LogP contribution is -2.58. The first-order valence-corrected chi connectivity index (χ1v) is 10.9. The first kappa shape index (κ1) is 20.2. The van der Waals surface area contributed by atoms with Crippen molar-refractivity contribution in [1.29, 1.82) is 0 Å². The van der Waals surface area contributed by atoms with Gasteiger partial charge in [-0.05, 0) is 68.9 Å². The number of cyclic esters (lactones) is 1. The summed E-state index contributed by atoms with van der Waals surface area (Å²) in [6.45, 7) is 12.8. The van der Waals surface area contributed by atoms with Crippen LogP contribution < -0.4 is 0 Å². The van der Waals surface area contributed by atoms with E-state index in [9.17, 15) is 14.7 Å². The Morgan fingerprint density at radius 3 is 2.45 bits per heavy atom. The fourth-order valence-corrected chi connectivity index (χ4v) is 5.63. The largest absolute Gasteiger partial charge is 0.463 e. The minimum absolute atomic E-state index is 0.00621. The van der Waals surface area contributed by atoms with E-state index >= 15 is 0 Å². The van der Waals surface area contributed by atoms with E-state index in [1.807, 2.05) is 6.08 Å². The Bertz CT molecular complexity index is 1230. The van der Waals surface area contributed by atoms with Gasteiger partial charge < -0.3 is 14.7 Å². The van der Waals surface area contributed by atoms with Crippen LogP contribution in [0.1, 0.15) is 52.4 Å². The first-order chi connectivity index (χ1) is 14.6. The van der Waals surface area contributed by atoms with Gasteiger partial charge in [0.2, 0.25) is 5.91 Å². The highest BCUT2D eigenvalue weighted by atomic mass is 16.6. The SMILES string of the molecule is CC[C@@]1(O)C(=O)OCC2C(=O)N3Cc4c(nc5c(C)c(C)c(C)c(C)c5c4C)C3=CC21. The third-order valence-electron chi connectivity index (χ3n) is 8.03. The summed E-state index contributed by atoms with van der Waals surface area (Å²) >= 11 is 0. The van der Waals surface area contributed by atoms with Crippen LogP contribution in [0.5, 0.6) is 0 Å². The molecule has 2 unspecified atom stereocenters. The van der Waals surface area contributed by atoms with Crippen LogP contribution in [0.2, 0.25) is 0 Å². The molecule has 1 fully saturated rings. The molecule has 31 heavy (non-hydrogen) atoms. The van der Waals surface area contributed by atoms with E-state index in [4.69, 9.17) is 9.72 Å². The maximum atomic E-state index is 13.4. The smallest absolute Gasteiger partial charge is 0.338 e. The number of aliphatic hydroxyl groups is 1. The van der Waals surface area contributed by atoms with Crippen molar-refractivity contribution in [3.8, 4) is 0 Å². The van der Waals surface area contributed by atoms with Crippen LogP contribution in [0.4, 0.5) is 0 Å². The molecule has 0 bridgehead atoms. The molecule has 3 atom stereocenters. The van der Waals surface area contributed by atoms with E-state index in [0.717, 1.165) is 33.3 Å². The predicted molar refractivity (Wildman–Crippen MR) is 117 cm³/mol. The van der Waals surface area contributed by atoms with Crippen LogP contribution in [0.15, 0.2) is 6.08 Å². The minimum atomic E-state index is -1.69. The number of aryl methyl sites for hydroxylation is 3. The van der Waals surface area contributed by atoms with Gasteiger partial charge in [-0.25, -0.2) is 9.78 Å². The Labute approximate surface area is 181 Å². The van der Waals surface area contributed by atoms with Gasteiger partial charge in [0.25, 0.3) is 0 Å². The monoisotopic (exact) mass is 420 g/mol. The van der Waals surface area contributed by atoms with Crippen molar-refractivity contribution < 1.29 is 19.4 Å². The van der Waals surface area contributed by atoms with Crippen molar-refractivity contribution in [3.05, 3.63) is 45.2 Å². The Morgan fingerprint density at radius 2 is 1.77 bits per heavy atom. The number of rotatable bonds is 1. The molecule has 1 saturated heterocycles. The molecule has 0 spiro atoms. The van der Waals surface area contributed by atoms with Crippen LogP contribution in [0.3, 0.4) is 0 Å². The van der Waals surface area contributed by atoms with E-state index in [1.54, 1.807) is 11.8 Å². The maximum Gasteiger partial charge on any atom is 0.338 e. The molecular formula is C25H28N2O4. The van der Waals surface area contributed by atoms with E-state index in [0.29, 0.717) is 12.2 Å². The van der Waals surface area contributed by atoms with Gasteiger partial charge in [0.15, 0.2) is 5.60 Å². The zero-order valence-electron chi connectivity index (χ0n) is 18.9. The Morgan fingerprint density at radius 1 is 1.10 bits per heavy atom. The van der Waals surface area contributed by atoms with Gasteiger partial charge in [-0.1, -0.05) is 13.0 Å². The summed E-state index contributed by atoms with van der Waals surface area (Å²) in [5, 5.41) is 12.3. The highest BCUT2D eigenvalue weighted by molar-refractivity contribution is 5.99. The fourth-order valence-electron chi connectivity index (χ4n) is 5.63. The van der Waals surface area contributed by atoms with Crippen LogP contribution in [0, 0.1) is 46.5 Å². The third kappa shape index (κ3) is 2.39. The maximum absolute atomic E-state index is 13.4. The normalized spacial score (nSPS) is 27.1. The third-order valence-corrected chi connectivity index (χ3v) is 8.03. The van der Waals surface area contributed by atoms with Gasteiger partial charge in [-0.15, -0.1) is 0 Å². The van der Waals surface area contributed by atoms with Crippen LogP contribution >= 0.6 is 0 Å². The summed E-state index contributed by atoms with van der Waals surface area (Å²) in [6.07, 6.45) is 2.08. The molecule has 162 valence electrons. The molecule has 2 aromatic rings. The summed E-state index contributed by atoms with van der Waals surface area (Å²) in [7, 11) is 0. The summed E-state index contributed by atoms with van der Waals surface area (Å²) in [5.74, 6) is -1.93. The number of hydrogen-bond acceptors (Lipinski definition) is 5. The molecule has 0 saturated carbocycles. The van der Waals surface area contributed by atoms with E-state index < -0.39 is 23.4 Å². The Hall–Kier alpha value is -2.73. The van der Waals surface area contributed by atoms with Gasteiger partial charge in [0.1, 0.15) is 6.61 Å². The lowest BCUT2D eigenvalue weighted by atomic mass is 9.72. The summed E-state index contributed by atoms with van der Waals surface area (Å²) in [4.78, 5) is 32.6. The molecule has 1 N–H and O–H groups in total. The second kappa shape index (κ2) is 6.39. The molecule has 6 nitrogen and oxygen atoms in total. The number of carbonyl (C=O) groups excluding carboxylic acids is 2.